The molecule has 0 aliphatic carbocycles. The van der Waals surface area contributed by atoms with E-state index < -0.39 is 0 Å². The van der Waals surface area contributed by atoms with Crippen molar-refractivity contribution in [2.45, 2.75) is 0 Å². The molecular formula is C12H8Cl2N2O. The van der Waals surface area contributed by atoms with Crippen LogP contribution in [0.15, 0.2) is 30.3 Å². The van der Waals surface area contributed by atoms with E-state index >= 15 is 0 Å². The van der Waals surface area contributed by atoms with E-state index in [1.165, 1.54) is 0 Å². The summed E-state index contributed by atoms with van der Waals surface area (Å²) < 4.78 is 0. The van der Waals surface area contributed by atoms with Crippen LogP contribution >= 0.6 is 23.2 Å². The van der Waals surface area contributed by atoms with Gasteiger partial charge < -0.3 is 5.73 Å². The van der Waals surface area contributed by atoms with Gasteiger partial charge in [0.1, 0.15) is 11.5 Å². The number of rotatable bonds is 2. The first-order chi connectivity index (χ1) is 8.11. The predicted octanol–water partition coefficient (Wildman–Crippen LogP) is 3.45. The van der Waals surface area contributed by atoms with Crippen LogP contribution in [-0.2, 0) is 0 Å². The maximum Gasteiger partial charge on any atom is 0.169 e. The minimum atomic E-state index is 0.281. The highest BCUT2D eigenvalue weighted by atomic mass is 35.5. The van der Waals surface area contributed by atoms with Gasteiger partial charge in [0.05, 0.1) is 10.0 Å². The highest BCUT2D eigenvalue weighted by molar-refractivity contribution is 6.42. The van der Waals surface area contributed by atoms with Crippen LogP contribution in [0, 0.1) is 0 Å². The van der Waals surface area contributed by atoms with E-state index in [1.54, 1.807) is 30.3 Å². The number of benzene rings is 1. The van der Waals surface area contributed by atoms with E-state index in [1.807, 2.05) is 0 Å². The lowest BCUT2D eigenvalue weighted by atomic mass is 10.0. The van der Waals surface area contributed by atoms with Gasteiger partial charge in [-0.2, -0.15) is 0 Å². The minimum Gasteiger partial charge on any atom is -0.384 e. The van der Waals surface area contributed by atoms with Crippen molar-refractivity contribution < 1.29 is 4.79 Å². The molecule has 0 bridgehead atoms. The summed E-state index contributed by atoms with van der Waals surface area (Å²) in [6.07, 6.45) is 0.661. The lowest BCUT2D eigenvalue weighted by Gasteiger charge is -2.06. The topological polar surface area (TPSA) is 56.0 Å². The number of carbonyl (C=O) groups is 1. The summed E-state index contributed by atoms with van der Waals surface area (Å²) in [5, 5.41) is 0.893. The van der Waals surface area contributed by atoms with Gasteiger partial charge in [0.15, 0.2) is 6.29 Å². The Bertz CT molecular complexity index is 585. The van der Waals surface area contributed by atoms with Crippen molar-refractivity contribution in [3.8, 4) is 11.1 Å². The van der Waals surface area contributed by atoms with Crippen molar-refractivity contribution in [3.05, 3.63) is 46.1 Å². The number of carbonyl (C=O) groups excluding carboxylic acids is 1. The Morgan fingerprint density at radius 2 is 1.88 bits per heavy atom. The van der Waals surface area contributed by atoms with Gasteiger partial charge >= 0.3 is 0 Å². The smallest absolute Gasteiger partial charge is 0.169 e. The lowest BCUT2D eigenvalue weighted by Crippen LogP contribution is -1.97. The third-order valence-electron chi connectivity index (χ3n) is 2.29. The Morgan fingerprint density at radius 1 is 1.12 bits per heavy atom. The second-order valence-electron chi connectivity index (χ2n) is 3.42. The van der Waals surface area contributed by atoms with Gasteiger partial charge in [0.2, 0.25) is 0 Å². The largest absolute Gasteiger partial charge is 0.384 e. The Kier molecular flexibility index (Phi) is 3.31. The predicted molar refractivity (Wildman–Crippen MR) is 69.5 cm³/mol. The molecule has 0 saturated carbocycles. The summed E-state index contributed by atoms with van der Waals surface area (Å²) >= 11 is 11.8. The molecule has 2 N–H and O–H groups in total. The normalized spacial score (nSPS) is 10.2. The van der Waals surface area contributed by atoms with E-state index in [-0.39, 0.29) is 5.69 Å². The van der Waals surface area contributed by atoms with Crippen LogP contribution in [0.3, 0.4) is 0 Å². The molecule has 86 valence electrons. The fourth-order valence-corrected chi connectivity index (χ4v) is 1.79. The van der Waals surface area contributed by atoms with Crippen LogP contribution in [0.4, 0.5) is 5.82 Å². The summed E-state index contributed by atoms with van der Waals surface area (Å²) in [6.45, 7) is 0. The van der Waals surface area contributed by atoms with Gasteiger partial charge in [-0.3, -0.25) is 4.79 Å². The van der Waals surface area contributed by atoms with Crippen LogP contribution in [-0.4, -0.2) is 11.3 Å². The van der Waals surface area contributed by atoms with E-state index in [0.717, 1.165) is 5.56 Å². The van der Waals surface area contributed by atoms with Crippen molar-refractivity contribution in [3.63, 3.8) is 0 Å². The quantitative estimate of drug-likeness (QED) is 0.848. The van der Waals surface area contributed by atoms with Gasteiger partial charge in [-0.1, -0.05) is 29.3 Å². The third-order valence-corrected chi connectivity index (χ3v) is 3.03. The maximum atomic E-state index is 10.9. The number of hydrogen-bond acceptors (Lipinski definition) is 3. The molecule has 1 aromatic heterocycles. The molecule has 0 aliphatic rings. The van der Waals surface area contributed by atoms with Gasteiger partial charge in [-0.15, -0.1) is 0 Å². The molecule has 5 heteroatoms. The van der Waals surface area contributed by atoms with Gasteiger partial charge in [0, 0.05) is 5.56 Å². The van der Waals surface area contributed by atoms with E-state index in [9.17, 15) is 4.79 Å². The molecular weight excluding hydrogens is 259 g/mol. The van der Waals surface area contributed by atoms with Crippen molar-refractivity contribution >= 4 is 35.3 Å². The average molecular weight is 267 g/mol. The van der Waals surface area contributed by atoms with Crippen molar-refractivity contribution in [1.82, 2.24) is 4.98 Å². The molecule has 1 heterocycles. The van der Waals surface area contributed by atoms with Crippen LogP contribution in [0.1, 0.15) is 10.5 Å². The lowest BCUT2D eigenvalue weighted by molar-refractivity contribution is 0.112. The third kappa shape index (κ3) is 2.40. The molecule has 3 nitrogen and oxygen atoms in total. The highest BCUT2D eigenvalue weighted by Gasteiger charge is 2.08. The molecule has 0 saturated heterocycles. The molecule has 0 spiro atoms. The van der Waals surface area contributed by atoms with Crippen molar-refractivity contribution in [2.24, 2.45) is 0 Å². The fraction of sp³-hybridized carbons (Fsp3) is 0. The molecule has 0 radical (unpaired) electrons. The molecule has 0 fully saturated rings. The Hall–Kier alpha value is -1.58. The van der Waals surface area contributed by atoms with E-state index in [2.05, 4.69) is 4.98 Å². The number of aromatic nitrogens is 1. The van der Waals surface area contributed by atoms with Crippen LogP contribution in [0.5, 0.6) is 0 Å². The molecule has 0 unspecified atom stereocenters. The zero-order valence-electron chi connectivity index (χ0n) is 8.65. The number of halogens is 2. The standard InChI is InChI=1S/C12H8Cl2N2O/c13-9-3-1-7(5-10(9)14)8-2-4-12(15)16-11(8)6-17/h1-6H,(H2,15,16). The number of pyridine rings is 1. The second kappa shape index (κ2) is 4.73. The number of nitrogen functional groups attached to an aromatic ring is 1. The van der Waals surface area contributed by atoms with Crippen LogP contribution in [0.2, 0.25) is 10.0 Å². The number of nitrogens with zero attached hydrogens (tertiary/aromatic N) is 1. The zero-order chi connectivity index (χ0) is 12.4. The SMILES string of the molecule is Nc1ccc(-c2ccc(Cl)c(Cl)c2)c(C=O)n1. The minimum absolute atomic E-state index is 0.281. The highest BCUT2D eigenvalue weighted by Crippen LogP contribution is 2.29. The van der Waals surface area contributed by atoms with Gasteiger partial charge in [0.25, 0.3) is 0 Å². The number of nitrogens with two attached hydrogens (primary N) is 1. The molecule has 0 atom stereocenters. The summed E-state index contributed by atoms with van der Waals surface area (Å²) in [6, 6.07) is 8.49. The first-order valence-corrected chi connectivity index (χ1v) is 5.54. The summed E-state index contributed by atoms with van der Waals surface area (Å²) in [5.41, 5.74) is 7.24. The average Bonchev–Trinajstić information content (AvgIpc) is 2.32. The first-order valence-electron chi connectivity index (χ1n) is 4.79. The number of hydrogen-bond donors (Lipinski definition) is 1. The van der Waals surface area contributed by atoms with Crippen LogP contribution < -0.4 is 5.73 Å². The Balaban J connectivity index is 2.59. The van der Waals surface area contributed by atoms with Crippen molar-refractivity contribution in [1.29, 1.82) is 0 Å². The summed E-state index contributed by atoms with van der Waals surface area (Å²) in [5.74, 6) is 0.302. The maximum absolute atomic E-state index is 10.9. The Morgan fingerprint density at radius 3 is 2.53 bits per heavy atom. The first kappa shape index (κ1) is 11.9. The van der Waals surface area contributed by atoms with Crippen LogP contribution in [0.25, 0.3) is 11.1 Å². The molecule has 1 aromatic carbocycles. The summed E-state index contributed by atoms with van der Waals surface area (Å²) in [4.78, 5) is 14.9. The molecule has 2 aromatic rings. The number of anilines is 1. The zero-order valence-corrected chi connectivity index (χ0v) is 10.2. The fourth-order valence-electron chi connectivity index (χ4n) is 1.49. The van der Waals surface area contributed by atoms with Gasteiger partial charge in [-0.05, 0) is 29.8 Å². The molecule has 0 amide bonds. The van der Waals surface area contributed by atoms with E-state index in [4.69, 9.17) is 28.9 Å². The second-order valence-corrected chi connectivity index (χ2v) is 4.23. The van der Waals surface area contributed by atoms with Crippen molar-refractivity contribution in [2.75, 3.05) is 5.73 Å². The summed E-state index contributed by atoms with van der Waals surface area (Å²) in [7, 11) is 0. The Labute approximate surface area is 108 Å². The molecule has 17 heavy (non-hydrogen) atoms. The van der Waals surface area contributed by atoms with E-state index in [0.29, 0.717) is 27.7 Å². The molecule has 0 aliphatic heterocycles. The monoisotopic (exact) mass is 266 g/mol. The van der Waals surface area contributed by atoms with Gasteiger partial charge in [-0.25, -0.2) is 4.98 Å². The number of aldehydes is 1. The molecule has 2 rings (SSSR count).